The van der Waals surface area contributed by atoms with Gasteiger partial charge in [0, 0.05) is 5.41 Å². The van der Waals surface area contributed by atoms with E-state index in [1.54, 1.807) is 6.92 Å². The van der Waals surface area contributed by atoms with E-state index in [1.807, 2.05) is 0 Å². The quantitative estimate of drug-likeness (QED) is 0.544. The number of hydrogen-bond acceptors (Lipinski definition) is 5. The van der Waals surface area contributed by atoms with Crippen LogP contribution in [-0.4, -0.2) is 37.4 Å². The molecule has 3 atom stereocenters. The number of hydrogen-bond donors (Lipinski definition) is 0. The van der Waals surface area contributed by atoms with Gasteiger partial charge in [-0.3, -0.25) is 9.59 Å². The van der Waals surface area contributed by atoms with Crippen molar-refractivity contribution in [3.63, 3.8) is 0 Å². The summed E-state index contributed by atoms with van der Waals surface area (Å²) >= 11 is 0. The second-order valence-corrected chi connectivity index (χ2v) is 5.73. The maximum Gasteiger partial charge on any atom is 0.306 e. The molecule has 1 heterocycles. The van der Waals surface area contributed by atoms with Crippen molar-refractivity contribution in [2.75, 3.05) is 13.2 Å². The first kappa shape index (κ1) is 14.3. The highest BCUT2D eigenvalue weighted by Crippen LogP contribution is 2.46. The molecule has 0 spiro atoms. The van der Waals surface area contributed by atoms with Crippen LogP contribution in [0.15, 0.2) is 0 Å². The fourth-order valence-corrected chi connectivity index (χ4v) is 2.59. The van der Waals surface area contributed by atoms with Crippen LogP contribution in [-0.2, 0) is 23.8 Å². The molecule has 0 bridgehead atoms. The molecule has 5 heteroatoms. The molecule has 0 N–H and O–H groups in total. The molecule has 1 saturated heterocycles. The van der Waals surface area contributed by atoms with Crippen molar-refractivity contribution in [1.29, 1.82) is 0 Å². The summed E-state index contributed by atoms with van der Waals surface area (Å²) in [6.07, 6.45) is 4.06. The standard InChI is InChI=1S/C14H22O5/c1-3-17-12(15)4-5-13(16)18-9-14(2)7-6-10-11(8-14)19-10/h10-11H,3-9H2,1-2H3. The molecular weight excluding hydrogens is 248 g/mol. The average molecular weight is 270 g/mol. The lowest BCUT2D eigenvalue weighted by Crippen LogP contribution is -2.31. The van der Waals surface area contributed by atoms with Gasteiger partial charge in [0.2, 0.25) is 0 Å². The van der Waals surface area contributed by atoms with Gasteiger partial charge in [0.15, 0.2) is 0 Å². The third-order valence-electron chi connectivity index (χ3n) is 3.83. The van der Waals surface area contributed by atoms with Crippen LogP contribution in [0.3, 0.4) is 0 Å². The Morgan fingerprint density at radius 2 is 1.89 bits per heavy atom. The van der Waals surface area contributed by atoms with Crippen LogP contribution in [0.5, 0.6) is 0 Å². The molecule has 0 aromatic carbocycles. The van der Waals surface area contributed by atoms with Gasteiger partial charge in [0.05, 0.1) is 38.3 Å². The van der Waals surface area contributed by atoms with E-state index >= 15 is 0 Å². The molecular formula is C14H22O5. The minimum absolute atomic E-state index is 0.0251. The van der Waals surface area contributed by atoms with E-state index in [0.29, 0.717) is 25.4 Å². The minimum atomic E-state index is -0.349. The van der Waals surface area contributed by atoms with Crippen LogP contribution < -0.4 is 0 Å². The number of esters is 2. The first-order valence-electron chi connectivity index (χ1n) is 6.99. The van der Waals surface area contributed by atoms with E-state index in [0.717, 1.165) is 19.3 Å². The highest BCUT2D eigenvalue weighted by Gasteiger charge is 2.48. The molecule has 1 saturated carbocycles. The summed E-state index contributed by atoms with van der Waals surface area (Å²) in [5, 5.41) is 0. The number of carbonyl (C=O) groups excluding carboxylic acids is 2. The lowest BCUT2D eigenvalue weighted by atomic mass is 9.76. The predicted molar refractivity (Wildman–Crippen MR) is 67.4 cm³/mol. The summed E-state index contributed by atoms with van der Waals surface area (Å²) in [6.45, 7) is 4.63. The molecule has 1 aliphatic carbocycles. The third kappa shape index (κ3) is 4.20. The average Bonchev–Trinajstić information content (AvgIpc) is 3.12. The zero-order chi connectivity index (χ0) is 13.9. The van der Waals surface area contributed by atoms with Gasteiger partial charge in [-0.05, 0) is 26.2 Å². The Morgan fingerprint density at radius 3 is 2.53 bits per heavy atom. The number of fused-ring (bicyclic) bond motifs is 1. The fourth-order valence-electron chi connectivity index (χ4n) is 2.59. The van der Waals surface area contributed by atoms with Crippen LogP contribution in [0.25, 0.3) is 0 Å². The summed E-state index contributed by atoms with van der Waals surface area (Å²) in [6, 6.07) is 0. The van der Waals surface area contributed by atoms with E-state index in [9.17, 15) is 9.59 Å². The predicted octanol–water partition coefficient (Wildman–Crippen LogP) is 1.83. The monoisotopic (exact) mass is 270 g/mol. The van der Waals surface area contributed by atoms with E-state index in [1.165, 1.54) is 0 Å². The maximum atomic E-state index is 11.6. The molecule has 3 unspecified atom stereocenters. The second kappa shape index (κ2) is 5.90. The highest BCUT2D eigenvalue weighted by atomic mass is 16.6. The van der Waals surface area contributed by atoms with Crippen molar-refractivity contribution in [2.24, 2.45) is 5.41 Å². The second-order valence-electron chi connectivity index (χ2n) is 5.73. The first-order valence-corrected chi connectivity index (χ1v) is 6.99. The van der Waals surface area contributed by atoms with Gasteiger partial charge in [-0.1, -0.05) is 6.92 Å². The number of carbonyl (C=O) groups is 2. The van der Waals surface area contributed by atoms with E-state index in [2.05, 4.69) is 6.92 Å². The summed E-state index contributed by atoms with van der Waals surface area (Å²) < 4.78 is 15.5. The molecule has 2 rings (SSSR count). The fraction of sp³-hybridized carbons (Fsp3) is 0.857. The van der Waals surface area contributed by atoms with Gasteiger partial charge in [-0.15, -0.1) is 0 Å². The van der Waals surface area contributed by atoms with Crippen molar-refractivity contribution in [2.45, 2.75) is 58.2 Å². The van der Waals surface area contributed by atoms with Gasteiger partial charge in [-0.25, -0.2) is 0 Å². The molecule has 19 heavy (non-hydrogen) atoms. The third-order valence-corrected chi connectivity index (χ3v) is 3.83. The highest BCUT2D eigenvalue weighted by molar-refractivity contribution is 5.77. The van der Waals surface area contributed by atoms with Crippen molar-refractivity contribution >= 4 is 11.9 Å². The topological polar surface area (TPSA) is 65.1 Å². The molecule has 108 valence electrons. The zero-order valence-corrected chi connectivity index (χ0v) is 11.6. The zero-order valence-electron chi connectivity index (χ0n) is 11.6. The summed E-state index contributed by atoms with van der Waals surface area (Å²) in [7, 11) is 0. The summed E-state index contributed by atoms with van der Waals surface area (Å²) in [5.41, 5.74) is 0.0251. The summed E-state index contributed by atoms with van der Waals surface area (Å²) in [5.74, 6) is -0.675. The molecule has 5 nitrogen and oxygen atoms in total. The molecule has 0 aromatic heterocycles. The van der Waals surface area contributed by atoms with Crippen LogP contribution >= 0.6 is 0 Å². The van der Waals surface area contributed by atoms with E-state index < -0.39 is 0 Å². The smallest absolute Gasteiger partial charge is 0.306 e. The Bertz CT molecular complexity index is 354. The van der Waals surface area contributed by atoms with E-state index in [-0.39, 0.29) is 30.2 Å². The van der Waals surface area contributed by atoms with Crippen LogP contribution in [0.2, 0.25) is 0 Å². The van der Waals surface area contributed by atoms with Gasteiger partial charge < -0.3 is 14.2 Å². The molecule has 0 aromatic rings. The number of ether oxygens (including phenoxy) is 3. The number of epoxide rings is 1. The largest absolute Gasteiger partial charge is 0.466 e. The lowest BCUT2D eigenvalue weighted by molar-refractivity contribution is -0.152. The molecule has 0 amide bonds. The van der Waals surface area contributed by atoms with Crippen LogP contribution in [0.1, 0.15) is 46.0 Å². The Labute approximate surface area is 113 Å². The Hall–Kier alpha value is -1.10. The number of rotatable bonds is 6. The molecule has 2 aliphatic rings. The minimum Gasteiger partial charge on any atom is -0.466 e. The molecule has 2 fully saturated rings. The van der Waals surface area contributed by atoms with Gasteiger partial charge in [0.25, 0.3) is 0 Å². The van der Waals surface area contributed by atoms with E-state index in [4.69, 9.17) is 14.2 Å². The van der Waals surface area contributed by atoms with Crippen molar-refractivity contribution in [3.05, 3.63) is 0 Å². The molecule has 1 aliphatic heterocycles. The lowest BCUT2D eigenvalue weighted by Gasteiger charge is -2.30. The Kier molecular flexibility index (Phi) is 4.45. The Balaban J connectivity index is 1.64. The van der Waals surface area contributed by atoms with Crippen molar-refractivity contribution in [1.82, 2.24) is 0 Å². The van der Waals surface area contributed by atoms with Crippen LogP contribution in [0.4, 0.5) is 0 Å². The van der Waals surface area contributed by atoms with Crippen molar-refractivity contribution in [3.8, 4) is 0 Å². The van der Waals surface area contributed by atoms with Crippen LogP contribution in [0, 0.1) is 5.41 Å². The first-order chi connectivity index (χ1) is 9.02. The SMILES string of the molecule is CCOC(=O)CCC(=O)OCC1(C)CCC2OC2C1. The van der Waals surface area contributed by atoms with Crippen molar-refractivity contribution < 1.29 is 23.8 Å². The summed E-state index contributed by atoms with van der Waals surface area (Å²) in [4.78, 5) is 22.7. The van der Waals surface area contributed by atoms with Gasteiger partial charge >= 0.3 is 11.9 Å². The normalized spacial score (nSPS) is 32.3. The molecule has 0 radical (unpaired) electrons. The maximum absolute atomic E-state index is 11.6. The van der Waals surface area contributed by atoms with Gasteiger partial charge in [-0.2, -0.15) is 0 Å². The Morgan fingerprint density at radius 1 is 1.21 bits per heavy atom. The van der Waals surface area contributed by atoms with Gasteiger partial charge in [0.1, 0.15) is 0 Å².